The number of fused-ring (bicyclic) bond motifs is 1. The van der Waals surface area contributed by atoms with E-state index < -0.39 is 0 Å². The van der Waals surface area contributed by atoms with E-state index in [0.29, 0.717) is 11.5 Å². The van der Waals surface area contributed by atoms with Gasteiger partial charge in [-0.2, -0.15) is 4.98 Å². The Morgan fingerprint density at radius 1 is 1.50 bits per heavy atom. The normalized spacial score (nSPS) is 10.8. The molecule has 4 heteroatoms. The van der Waals surface area contributed by atoms with Crippen LogP contribution in [-0.2, 0) is 5.88 Å². The fourth-order valence-electron chi connectivity index (χ4n) is 1.13. The van der Waals surface area contributed by atoms with E-state index in [1.807, 2.05) is 18.2 Å². The number of nitrogens with two attached hydrogens (primary N) is 1. The molecule has 0 spiro atoms. The number of hydrogen-bond acceptors (Lipinski definition) is 3. The highest BCUT2D eigenvalue weighted by Crippen LogP contribution is 2.21. The minimum absolute atomic E-state index is 0.183. The van der Waals surface area contributed by atoms with Crippen molar-refractivity contribution in [1.29, 1.82) is 0 Å². The molecule has 1 aromatic heterocycles. The van der Waals surface area contributed by atoms with E-state index in [4.69, 9.17) is 21.8 Å². The Morgan fingerprint density at radius 2 is 2.33 bits per heavy atom. The maximum atomic E-state index is 5.69. The molecule has 1 heterocycles. The predicted octanol–water partition coefficient (Wildman–Crippen LogP) is 2.15. The molecule has 1 aromatic carbocycles. The molecule has 2 N–H and O–H groups in total. The third-order valence-corrected chi connectivity index (χ3v) is 1.94. The molecule has 0 atom stereocenters. The monoisotopic (exact) mass is 182 g/mol. The Kier molecular flexibility index (Phi) is 1.66. The van der Waals surface area contributed by atoms with Crippen LogP contribution in [0.15, 0.2) is 22.6 Å². The summed E-state index contributed by atoms with van der Waals surface area (Å²) in [6, 6.07) is 5.79. The van der Waals surface area contributed by atoms with Crippen LogP contribution >= 0.6 is 11.6 Å². The molecule has 0 bridgehead atoms. The second-order valence-corrected chi connectivity index (χ2v) is 2.72. The Morgan fingerprint density at radius 3 is 3.08 bits per heavy atom. The van der Waals surface area contributed by atoms with Gasteiger partial charge >= 0.3 is 0 Å². The van der Waals surface area contributed by atoms with Gasteiger partial charge < -0.3 is 10.2 Å². The molecular weight excluding hydrogens is 176 g/mol. The lowest BCUT2D eigenvalue weighted by atomic mass is 10.2. The standard InChI is InChI=1S/C8H7ClN2O/c9-4-5-2-1-3-6-7(5)12-8(10)11-6/h1-3H,4H2,(H2,10,11). The Balaban J connectivity index is 2.78. The first-order chi connectivity index (χ1) is 5.81. The minimum Gasteiger partial charge on any atom is -0.423 e. The van der Waals surface area contributed by atoms with Crippen LogP contribution in [0.25, 0.3) is 11.1 Å². The third kappa shape index (κ3) is 1.02. The Labute approximate surface area is 74.1 Å². The van der Waals surface area contributed by atoms with E-state index in [0.717, 1.165) is 11.1 Å². The predicted molar refractivity (Wildman–Crippen MR) is 48.0 cm³/mol. The molecule has 0 aliphatic carbocycles. The Hall–Kier alpha value is -1.22. The number of para-hydroxylation sites is 1. The zero-order valence-electron chi connectivity index (χ0n) is 6.25. The van der Waals surface area contributed by atoms with Crippen molar-refractivity contribution in [3.05, 3.63) is 23.8 Å². The number of nitrogen functional groups attached to an aromatic ring is 1. The van der Waals surface area contributed by atoms with E-state index in [9.17, 15) is 0 Å². The smallest absolute Gasteiger partial charge is 0.292 e. The molecule has 0 unspecified atom stereocenters. The zero-order valence-corrected chi connectivity index (χ0v) is 7.01. The quantitative estimate of drug-likeness (QED) is 0.688. The lowest BCUT2D eigenvalue weighted by Crippen LogP contribution is -1.80. The summed E-state index contributed by atoms with van der Waals surface area (Å²) in [5, 5.41) is 0. The van der Waals surface area contributed by atoms with Gasteiger partial charge in [-0.25, -0.2) is 0 Å². The van der Waals surface area contributed by atoms with Crippen LogP contribution in [0.2, 0.25) is 0 Å². The highest BCUT2D eigenvalue weighted by atomic mass is 35.5. The highest BCUT2D eigenvalue weighted by Gasteiger charge is 2.05. The van der Waals surface area contributed by atoms with Gasteiger partial charge in [-0.3, -0.25) is 0 Å². The fourth-order valence-corrected chi connectivity index (χ4v) is 1.34. The zero-order chi connectivity index (χ0) is 8.55. The van der Waals surface area contributed by atoms with Crippen LogP contribution in [0.3, 0.4) is 0 Å². The fraction of sp³-hybridized carbons (Fsp3) is 0.125. The SMILES string of the molecule is Nc1nc2cccc(CCl)c2o1. The van der Waals surface area contributed by atoms with Crippen LogP contribution in [0.4, 0.5) is 6.01 Å². The summed E-state index contributed by atoms with van der Waals surface area (Å²) in [6.45, 7) is 0. The molecule has 62 valence electrons. The van der Waals surface area contributed by atoms with E-state index in [1.165, 1.54) is 0 Å². The third-order valence-electron chi connectivity index (χ3n) is 1.66. The minimum atomic E-state index is 0.183. The van der Waals surface area contributed by atoms with Crippen LogP contribution in [0.1, 0.15) is 5.56 Å². The van der Waals surface area contributed by atoms with Gasteiger partial charge in [0.05, 0.1) is 5.88 Å². The summed E-state index contributed by atoms with van der Waals surface area (Å²) in [5.41, 5.74) is 7.75. The number of rotatable bonds is 1. The second kappa shape index (κ2) is 2.68. The van der Waals surface area contributed by atoms with Gasteiger partial charge in [-0.15, -0.1) is 11.6 Å². The van der Waals surface area contributed by atoms with Crippen molar-refractivity contribution in [3.8, 4) is 0 Å². The van der Waals surface area contributed by atoms with Crippen molar-refractivity contribution in [2.75, 3.05) is 5.73 Å². The summed E-state index contributed by atoms with van der Waals surface area (Å²) in [5.74, 6) is 0.409. The maximum absolute atomic E-state index is 5.69. The first-order valence-electron chi connectivity index (χ1n) is 3.51. The van der Waals surface area contributed by atoms with Crippen LogP contribution in [0, 0.1) is 0 Å². The molecule has 2 rings (SSSR count). The lowest BCUT2D eigenvalue weighted by molar-refractivity contribution is 0.623. The largest absolute Gasteiger partial charge is 0.423 e. The molecule has 0 aliphatic heterocycles. The topological polar surface area (TPSA) is 52.0 Å². The summed E-state index contributed by atoms with van der Waals surface area (Å²) in [6.07, 6.45) is 0. The van der Waals surface area contributed by atoms with E-state index in [2.05, 4.69) is 4.98 Å². The van der Waals surface area contributed by atoms with Gasteiger partial charge in [0, 0.05) is 5.56 Å². The molecular formula is C8H7ClN2O. The molecule has 0 saturated heterocycles. The molecule has 0 aliphatic rings. The van der Waals surface area contributed by atoms with Gasteiger partial charge in [0.25, 0.3) is 6.01 Å². The number of anilines is 1. The molecule has 2 aromatic rings. The number of nitrogens with zero attached hydrogens (tertiary/aromatic N) is 1. The van der Waals surface area contributed by atoms with E-state index in [1.54, 1.807) is 0 Å². The van der Waals surface area contributed by atoms with Crippen LogP contribution in [-0.4, -0.2) is 4.98 Å². The number of halogens is 1. The van der Waals surface area contributed by atoms with Crippen molar-refractivity contribution in [2.24, 2.45) is 0 Å². The second-order valence-electron chi connectivity index (χ2n) is 2.45. The van der Waals surface area contributed by atoms with Gasteiger partial charge in [0.1, 0.15) is 5.52 Å². The van der Waals surface area contributed by atoms with E-state index >= 15 is 0 Å². The van der Waals surface area contributed by atoms with Crippen LogP contribution < -0.4 is 5.73 Å². The van der Waals surface area contributed by atoms with Gasteiger partial charge in [0.15, 0.2) is 5.58 Å². The van der Waals surface area contributed by atoms with Crippen molar-refractivity contribution in [1.82, 2.24) is 4.98 Å². The summed E-state index contributed by atoms with van der Waals surface area (Å²) in [4.78, 5) is 3.97. The number of oxazole rings is 1. The molecule has 12 heavy (non-hydrogen) atoms. The van der Waals surface area contributed by atoms with Gasteiger partial charge in [-0.05, 0) is 6.07 Å². The average molecular weight is 183 g/mol. The summed E-state index contributed by atoms with van der Waals surface area (Å²) in [7, 11) is 0. The molecule has 0 radical (unpaired) electrons. The van der Waals surface area contributed by atoms with Crippen molar-refractivity contribution >= 4 is 28.7 Å². The first-order valence-corrected chi connectivity index (χ1v) is 4.04. The molecule has 0 saturated carbocycles. The van der Waals surface area contributed by atoms with E-state index in [-0.39, 0.29) is 6.01 Å². The van der Waals surface area contributed by atoms with Crippen LogP contribution in [0.5, 0.6) is 0 Å². The molecule has 0 amide bonds. The van der Waals surface area contributed by atoms with Crippen molar-refractivity contribution in [3.63, 3.8) is 0 Å². The number of benzene rings is 1. The number of hydrogen-bond donors (Lipinski definition) is 1. The van der Waals surface area contributed by atoms with Crippen molar-refractivity contribution in [2.45, 2.75) is 5.88 Å². The van der Waals surface area contributed by atoms with Gasteiger partial charge in [0.2, 0.25) is 0 Å². The highest BCUT2D eigenvalue weighted by molar-refractivity contribution is 6.17. The number of aromatic nitrogens is 1. The molecule has 0 fully saturated rings. The summed E-state index contributed by atoms with van der Waals surface area (Å²) < 4.78 is 5.17. The van der Waals surface area contributed by atoms with Gasteiger partial charge in [-0.1, -0.05) is 12.1 Å². The van der Waals surface area contributed by atoms with Crippen molar-refractivity contribution < 1.29 is 4.42 Å². The molecule has 3 nitrogen and oxygen atoms in total. The first kappa shape index (κ1) is 7.43. The lowest BCUT2D eigenvalue weighted by Gasteiger charge is -1.92. The average Bonchev–Trinajstić information content (AvgIpc) is 2.44. The maximum Gasteiger partial charge on any atom is 0.292 e. The number of alkyl halides is 1. The Bertz CT molecular complexity index is 410. The summed E-state index contributed by atoms with van der Waals surface area (Å²) >= 11 is 5.69.